The van der Waals surface area contributed by atoms with Gasteiger partial charge in [0.25, 0.3) is 0 Å². The molecule has 0 bridgehead atoms. The van der Waals surface area contributed by atoms with Gasteiger partial charge in [-0.05, 0) is 25.8 Å². The lowest BCUT2D eigenvalue weighted by Gasteiger charge is -2.38. The Morgan fingerprint density at radius 1 is 1.32 bits per heavy atom. The molecule has 0 radical (unpaired) electrons. The highest BCUT2D eigenvalue weighted by Crippen LogP contribution is 2.20. The van der Waals surface area contributed by atoms with E-state index in [0.717, 1.165) is 32.5 Å². The predicted octanol–water partition coefficient (Wildman–Crippen LogP) is 1.32. The van der Waals surface area contributed by atoms with E-state index in [1.807, 2.05) is 11.8 Å². The van der Waals surface area contributed by atoms with Crippen molar-refractivity contribution in [3.63, 3.8) is 0 Å². The van der Waals surface area contributed by atoms with Crippen molar-refractivity contribution >= 4 is 11.9 Å². The number of halogens is 1. The van der Waals surface area contributed by atoms with Crippen molar-refractivity contribution in [2.24, 2.45) is 0 Å². The van der Waals surface area contributed by atoms with Crippen molar-refractivity contribution in [1.29, 1.82) is 0 Å². The summed E-state index contributed by atoms with van der Waals surface area (Å²) in [5.74, 6) is -0.402. The molecule has 2 aliphatic heterocycles. The Labute approximate surface area is 147 Å². The highest BCUT2D eigenvalue weighted by molar-refractivity contribution is 5.81. The molecule has 3 rings (SSSR count). The van der Waals surface area contributed by atoms with Gasteiger partial charge >= 0.3 is 6.03 Å². The molecule has 2 fully saturated rings. The zero-order valence-electron chi connectivity index (χ0n) is 14.5. The van der Waals surface area contributed by atoms with E-state index in [1.54, 1.807) is 18.2 Å². The first-order chi connectivity index (χ1) is 12.1. The van der Waals surface area contributed by atoms with Gasteiger partial charge < -0.3 is 15.5 Å². The van der Waals surface area contributed by atoms with E-state index in [9.17, 15) is 14.0 Å². The number of piperidine rings is 1. The molecule has 0 unspecified atom stereocenters. The lowest BCUT2D eigenvalue weighted by molar-refractivity contribution is -0.126. The first-order valence-corrected chi connectivity index (χ1v) is 8.86. The molecule has 136 valence electrons. The molecule has 0 saturated carbocycles. The summed E-state index contributed by atoms with van der Waals surface area (Å²) in [6.45, 7) is 5.11. The molecule has 6 nitrogen and oxygen atoms in total. The second-order valence-electron chi connectivity index (χ2n) is 6.68. The van der Waals surface area contributed by atoms with Crippen molar-refractivity contribution in [2.75, 3.05) is 26.2 Å². The highest BCUT2D eigenvalue weighted by atomic mass is 19.1. The van der Waals surface area contributed by atoms with Crippen molar-refractivity contribution in [2.45, 2.75) is 38.4 Å². The number of carbonyl (C=O) groups is 2. The summed E-state index contributed by atoms with van der Waals surface area (Å²) in [5.41, 5.74) is 0.488. The Morgan fingerprint density at radius 2 is 2.04 bits per heavy atom. The Balaban J connectivity index is 1.47. The fraction of sp³-hybridized carbons (Fsp3) is 0.556. The van der Waals surface area contributed by atoms with Gasteiger partial charge in [-0.1, -0.05) is 18.2 Å². The molecule has 7 heteroatoms. The maximum absolute atomic E-state index is 13.6. The van der Waals surface area contributed by atoms with Crippen LogP contribution in [0.1, 0.15) is 25.3 Å². The largest absolute Gasteiger partial charge is 0.351 e. The molecule has 2 saturated heterocycles. The van der Waals surface area contributed by atoms with Gasteiger partial charge in [0.05, 0.1) is 6.04 Å². The third-order valence-corrected chi connectivity index (χ3v) is 5.17. The third kappa shape index (κ3) is 4.10. The second kappa shape index (κ2) is 7.82. The molecule has 2 N–H and O–H groups in total. The summed E-state index contributed by atoms with van der Waals surface area (Å²) in [5, 5.41) is 5.65. The minimum absolute atomic E-state index is 0.0223. The summed E-state index contributed by atoms with van der Waals surface area (Å²) in [6, 6.07) is 6.47. The van der Waals surface area contributed by atoms with Crippen LogP contribution < -0.4 is 10.6 Å². The number of urea groups is 1. The van der Waals surface area contributed by atoms with Crippen LogP contribution in [0.2, 0.25) is 0 Å². The number of hydrogen-bond donors (Lipinski definition) is 2. The second-order valence-corrected chi connectivity index (χ2v) is 6.68. The highest BCUT2D eigenvalue weighted by Gasteiger charge is 2.33. The molecule has 1 aromatic carbocycles. The molecule has 0 aromatic heterocycles. The minimum Gasteiger partial charge on any atom is -0.351 e. The SMILES string of the molecule is C[C@@H](C(=O)NCc1ccccc1F)N1CCC(N2CCNC2=O)CC1. The number of nitrogens with one attached hydrogen (secondary N) is 2. The molecule has 3 amide bonds. The van der Waals surface area contributed by atoms with Crippen LogP contribution in [0.5, 0.6) is 0 Å². The topological polar surface area (TPSA) is 64.7 Å². The number of nitrogens with zero attached hydrogens (tertiary/aromatic N) is 2. The minimum atomic E-state index is -0.305. The first kappa shape index (κ1) is 17.7. The Kier molecular flexibility index (Phi) is 5.53. The van der Waals surface area contributed by atoms with E-state index in [2.05, 4.69) is 15.5 Å². The summed E-state index contributed by atoms with van der Waals surface area (Å²) in [4.78, 5) is 28.1. The van der Waals surface area contributed by atoms with Crippen molar-refractivity contribution < 1.29 is 14.0 Å². The van der Waals surface area contributed by atoms with Crippen LogP contribution in [0.25, 0.3) is 0 Å². The number of likely N-dealkylation sites (tertiary alicyclic amines) is 1. The van der Waals surface area contributed by atoms with Gasteiger partial charge in [-0.15, -0.1) is 0 Å². The smallest absolute Gasteiger partial charge is 0.317 e. The number of amides is 3. The Bertz CT molecular complexity index is 631. The van der Waals surface area contributed by atoms with Crippen LogP contribution in [0.4, 0.5) is 9.18 Å². The van der Waals surface area contributed by atoms with Gasteiger partial charge in [0.15, 0.2) is 0 Å². The van der Waals surface area contributed by atoms with E-state index >= 15 is 0 Å². The van der Waals surface area contributed by atoms with Gasteiger partial charge in [0.2, 0.25) is 5.91 Å². The maximum atomic E-state index is 13.6. The predicted molar refractivity (Wildman–Crippen MR) is 92.4 cm³/mol. The summed E-state index contributed by atoms with van der Waals surface area (Å²) in [7, 11) is 0. The number of hydrogen-bond acceptors (Lipinski definition) is 3. The molecule has 0 spiro atoms. The van der Waals surface area contributed by atoms with Crippen LogP contribution in [-0.4, -0.2) is 60.0 Å². The molecule has 0 aliphatic carbocycles. The zero-order chi connectivity index (χ0) is 17.8. The lowest BCUT2D eigenvalue weighted by Crippen LogP contribution is -2.52. The van der Waals surface area contributed by atoms with E-state index in [-0.39, 0.29) is 36.4 Å². The fourth-order valence-corrected chi connectivity index (χ4v) is 3.56. The van der Waals surface area contributed by atoms with Crippen molar-refractivity contribution in [1.82, 2.24) is 20.4 Å². The molecule has 2 heterocycles. The molecule has 1 aromatic rings. The fourth-order valence-electron chi connectivity index (χ4n) is 3.56. The number of rotatable bonds is 5. The Morgan fingerprint density at radius 3 is 2.68 bits per heavy atom. The number of carbonyl (C=O) groups excluding carboxylic acids is 2. The van der Waals surface area contributed by atoms with Gasteiger partial charge in [-0.3, -0.25) is 9.69 Å². The van der Waals surface area contributed by atoms with Crippen molar-refractivity contribution in [3.05, 3.63) is 35.6 Å². The van der Waals surface area contributed by atoms with E-state index in [1.165, 1.54) is 6.07 Å². The Hall–Kier alpha value is -2.15. The van der Waals surface area contributed by atoms with Crippen LogP contribution in [0.3, 0.4) is 0 Å². The van der Waals surface area contributed by atoms with Crippen LogP contribution in [0, 0.1) is 5.82 Å². The lowest BCUT2D eigenvalue weighted by atomic mass is 10.0. The normalized spacial score (nSPS) is 20.4. The molecule has 2 aliphatic rings. The van der Waals surface area contributed by atoms with Crippen LogP contribution in [0.15, 0.2) is 24.3 Å². The summed E-state index contributed by atoms with van der Waals surface area (Å²) in [6.07, 6.45) is 1.75. The monoisotopic (exact) mass is 348 g/mol. The average Bonchev–Trinajstić information content (AvgIpc) is 3.06. The summed E-state index contributed by atoms with van der Waals surface area (Å²) >= 11 is 0. The van der Waals surface area contributed by atoms with Gasteiger partial charge in [-0.25, -0.2) is 9.18 Å². The standard InChI is InChI=1S/C18H25FN4O2/c1-13(17(24)21-12-14-4-2-3-5-16(14)19)22-9-6-15(7-10-22)23-11-8-20-18(23)25/h2-5,13,15H,6-12H2,1H3,(H,20,25)(H,21,24)/t13-/m0/s1. The van der Waals surface area contributed by atoms with Gasteiger partial charge in [0.1, 0.15) is 5.82 Å². The quantitative estimate of drug-likeness (QED) is 0.844. The summed E-state index contributed by atoms with van der Waals surface area (Å²) < 4.78 is 13.6. The van der Waals surface area contributed by atoms with Crippen LogP contribution in [-0.2, 0) is 11.3 Å². The van der Waals surface area contributed by atoms with E-state index in [4.69, 9.17) is 0 Å². The molecular weight excluding hydrogens is 323 g/mol. The number of benzene rings is 1. The van der Waals surface area contributed by atoms with Gasteiger partial charge in [-0.2, -0.15) is 0 Å². The van der Waals surface area contributed by atoms with E-state index in [0.29, 0.717) is 12.1 Å². The van der Waals surface area contributed by atoms with E-state index < -0.39 is 0 Å². The molecule has 25 heavy (non-hydrogen) atoms. The zero-order valence-corrected chi connectivity index (χ0v) is 14.5. The third-order valence-electron chi connectivity index (χ3n) is 5.17. The maximum Gasteiger partial charge on any atom is 0.317 e. The molecule has 1 atom stereocenters. The average molecular weight is 348 g/mol. The van der Waals surface area contributed by atoms with Gasteiger partial charge in [0, 0.05) is 44.3 Å². The first-order valence-electron chi connectivity index (χ1n) is 8.86. The van der Waals surface area contributed by atoms with Crippen LogP contribution >= 0.6 is 0 Å². The molecular formula is C18H25FN4O2. The van der Waals surface area contributed by atoms with Crippen molar-refractivity contribution in [3.8, 4) is 0 Å².